The van der Waals surface area contributed by atoms with Gasteiger partial charge in [-0.15, -0.1) is 0 Å². The molecular formula is C34H47N2O9P. The molecule has 0 aromatic heterocycles. The Morgan fingerprint density at radius 1 is 1.20 bits per heavy atom. The number of nitrogens with one attached hydrogen (secondary N) is 1. The van der Waals surface area contributed by atoms with Crippen LogP contribution in [0, 0.1) is 28.6 Å². The molecule has 11 nitrogen and oxygen atoms in total. The number of ether oxygens (including phenoxy) is 1. The zero-order valence-corrected chi connectivity index (χ0v) is 27.9. The van der Waals surface area contributed by atoms with Crippen molar-refractivity contribution in [3.05, 3.63) is 53.6 Å². The Balaban J connectivity index is 0.000000219. The number of para-hydroxylation sites is 1. The molecule has 252 valence electrons. The van der Waals surface area contributed by atoms with Gasteiger partial charge in [0.2, 0.25) is 0 Å². The first-order chi connectivity index (χ1) is 21.6. The predicted molar refractivity (Wildman–Crippen MR) is 172 cm³/mol. The van der Waals surface area contributed by atoms with Gasteiger partial charge in [0.15, 0.2) is 11.6 Å². The summed E-state index contributed by atoms with van der Waals surface area (Å²) in [5.41, 5.74) is -0.895. The number of amidine groups is 1. The third-order valence-corrected chi connectivity index (χ3v) is 11.6. The number of aliphatic hydroxyl groups is 2. The molecule has 1 aromatic carbocycles. The van der Waals surface area contributed by atoms with Gasteiger partial charge in [-0.2, -0.15) is 0 Å². The molecule has 0 spiro atoms. The Kier molecular flexibility index (Phi) is 9.87. The summed E-state index contributed by atoms with van der Waals surface area (Å²) in [6.07, 6.45) is 6.76. The molecule has 12 heteroatoms. The highest BCUT2D eigenvalue weighted by molar-refractivity contribution is 7.46. The van der Waals surface area contributed by atoms with E-state index in [-0.39, 0.29) is 36.4 Å². The fraction of sp³-hybridized carbons (Fsp3) is 0.618. The molecule has 1 aromatic rings. The van der Waals surface area contributed by atoms with Gasteiger partial charge in [-0.3, -0.25) is 19.1 Å². The van der Waals surface area contributed by atoms with Crippen molar-refractivity contribution in [1.29, 1.82) is 0 Å². The second-order valence-electron chi connectivity index (χ2n) is 14.0. The van der Waals surface area contributed by atoms with Crippen LogP contribution >= 0.6 is 7.82 Å². The number of hydrogen-bond donors (Lipinski definition) is 5. The van der Waals surface area contributed by atoms with Crippen LogP contribution in [0.25, 0.3) is 0 Å². The number of carbonyl (C=O) groups excluding carboxylic acids is 2. The van der Waals surface area contributed by atoms with Crippen molar-refractivity contribution in [1.82, 2.24) is 5.32 Å². The van der Waals surface area contributed by atoms with E-state index in [0.29, 0.717) is 18.9 Å². The molecule has 3 fully saturated rings. The average Bonchev–Trinajstić information content (AvgIpc) is 3.61. The Morgan fingerprint density at radius 2 is 1.93 bits per heavy atom. The minimum Gasteiger partial charge on any atom is -0.485 e. The minimum absolute atomic E-state index is 0.0284. The van der Waals surface area contributed by atoms with Crippen LogP contribution < -0.4 is 10.1 Å². The van der Waals surface area contributed by atoms with E-state index in [2.05, 4.69) is 34.7 Å². The summed E-state index contributed by atoms with van der Waals surface area (Å²) in [6, 6.07) is 8.19. The molecule has 0 amide bonds. The highest BCUT2D eigenvalue weighted by Gasteiger charge is 2.68. The van der Waals surface area contributed by atoms with Crippen LogP contribution in [0.15, 0.2) is 53.1 Å². The minimum atomic E-state index is -4.84. The third-order valence-electron chi connectivity index (χ3n) is 11.1. The van der Waals surface area contributed by atoms with E-state index in [1.165, 1.54) is 5.56 Å². The number of allylic oxidation sites excluding steroid dienone is 4. The number of fused-ring (bicyclic) bond motifs is 5. The quantitative estimate of drug-likeness (QED) is 0.258. The van der Waals surface area contributed by atoms with Gasteiger partial charge in [0.25, 0.3) is 0 Å². The number of phosphoric ester groups is 1. The van der Waals surface area contributed by atoms with Gasteiger partial charge >= 0.3 is 7.82 Å². The van der Waals surface area contributed by atoms with Gasteiger partial charge in [-0.25, -0.2) is 4.57 Å². The van der Waals surface area contributed by atoms with E-state index in [1.807, 2.05) is 31.2 Å². The van der Waals surface area contributed by atoms with Crippen LogP contribution in [-0.2, 0) is 18.7 Å². The molecule has 0 saturated heterocycles. The number of ketones is 2. The fourth-order valence-corrected chi connectivity index (χ4v) is 9.11. The maximum atomic E-state index is 12.8. The van der Waals surface area contributed by atoms with Crippen molar-refractivity contribution in [2.75, 3.05) is 26.3 Å². The second-order valence-corrected chi connectivity index (χ2v) is 15.3. The molecule has 0 radical (unpaired) electrons. The maximum Gasteiger partial charge on any atom is 0.470 e. The van der Waals surface area contributed by atoms with Crippen LogP contribution in [-0.4, -0.2) is 75.4 Å². The van der Waals surface area contributed by atoms with Crippen molar-refractivity contribution in [3.8, 4) is 5.75 Å². The van der Waals surface area contributed by atoms with Gasteiger partial charge < -0.3 is 30.1 Å². The number of phosphoric acid groups is 1. The summed E-state index contributed by atoms with van der Waals surface area (Å²) in [6.45, 7) is 9.67. The molecule has 6 rings (SSSR count). The van der Waals surface area contributed by atoms with E-state index >= 15 is 0 Å². The summed E-state index contributed by atoms with van der Waals surface area (Å²) < 4.78 is 21.2. The predicted octanol–water partition coefficient (Wildman–Crippen LogP) is 3.87. The van der Waals surface area contributed by atoms with E-state index in [1.54, 1.807) is 19.1 Å². The maximum absolute atomic E-state index is 12.8. The summed E-state index contributed by atoms with van der Waals surface area (Å²) in [7, 11) is -4.84. The van der Waals surface area contributed by atoms with E-state index < -0.39 is 42.7 Å². The molecule has 46 heavy (non-hydrogen) atoms. The Labute approximate surface area is 270 Å². The number of benzene rings is 1. The molecular weight excluding hydrogens is 611 g/mol. The molecule has 5 aliphatic rings. The number of rotatable bonds is 8. The lowest BCUT2D eigenvalue weighted by Gasteiger charge is -2.59. The summed E-state index contributed by atoms with van der Waals surface area (Å²) >= 11 is 0. The first-order valence-electron chi connectivity index (χ1n) is 16.2. The molecule has 1 unspecified atom stereocenters. The summed E-state index contributed by atoms with van der Waals surface area (Å²) in [5, 5.41) is 25.8. The number of aliphatic imine (C=N–C) groups is 1. The molecule has 5 N–H and O–H groups in total. The summed E-state index contributed by atoms with van der Waals surface area (Å²) in [5.74, 6) is 1.52. The first kappa shape index (κ1) is 34.7. The van der Waals surface area contributed by atoms with Gasteiger partial charge in [0.1, 0.15) is 30.4 Å². The van der Waals surface area contributed by atoms with Crippen molar-refractivity contribution >= 4 is 25.2 Å². The third kappa shape index (κ3) is 6.55. The molecule has 7 atom stereocenters. The Hall–Kier alpha value is -2.66. The van der Waals surface area contributed by atoms with Gasteiger partial charge in [-0.1, -0.05) is 57.5 Å². The molecule has 3 saturated carbocycles. The highest BCUT2D eigenvalue weighted by Crippen LogP contribution is 2.67. The monoisotopic (exact) mass is 658 g/mol. The van der Waals surface area contributed by atoms with Crippen molar-refractivity contribution in [2.45, 2.75) is 77.4 Å². The number of Topliss-reactive ketones (excluding diaryl/α,β-unsaturated/α-hetero) is 1. The molecule has 0 bridgehead atoms. The van der Waals surface area contributed by atoms with Crippen LogP contribution in [0.4, 0.5) is 0 Å². The van der Waals surface area contributed by atoms with Crippen LogP contribution in [0.3, 0.4) is 0 Å². The van der Waals surface area contributed by atoms with E-state index in [0.717, 1.165) is 43.1 Å². The highest BCUT2D eigenvalue weighted by atomic mass is 31.2. The first-order valence-corrected chi connectivity index (χ1v) is 17.7. The number of hydrogen-bond acceptors (Lipinski definition) is 9. The van der Waals surface area contributed by atoms with Crippen molar-refractivity contribution in [2.24, 2.45) is 33.6 Å². The van der Waals surface area contributed by atoms with Gasteiger partial charge in [-0.05, 0) is 73.6 Å². The van der Waals surface area contributed by atoms with E-state index in [4.69, 9.17) is 14.5 Å². The summed E-state index contributed by atoms with van der Waals surface area (Å²) in [4.78, 5) is 46.8. The average molecular weight is 659 g/mol. The van der Waals surface area contributed by atoms with Crippen LogP contribution in [0.1, 0.15) is 71.3 Å². The zero-order valence-electron chi connectivity index (χ0n) is 27.0. The molecule has 4 aliphatic carbocycles. The smallest absolute Gasteiger partial charge is 0.470 e. The van der Waals surface area contributed by atoms with Gasteiger partial charge in [0, 0.05) is 23.3 Å². The Morgan fingerprint density at radius 3 is 2.61 bits per heavy atom. The largest absolute Gasteiger partial charge is 0.485 e. The van der Waals surface area contributed by atoms with Crippen LogP contribution in [0.2, 0.25) is 0 Å². The topological polar surface area (TPSA) is 175 Å². The van der Waals surface area contributed by atoms with Gasteiger partial charge in [0.05, 0.1) is 12.6 Å². The standard InChI is InChI=1S/C21H29O8P.C13H18N2O/c1-19-7-5-13(22)9-12(19)3-4-14-15-6-8-21(25,17(24)11-29-30(26,27)28)20(15,2)10-16(23)18(14)19;1-10(2)11-5-3-4-6-12(11)16-9-13-14-7-8-15-13/h5,7,9,14-16,18,23,25H,3-4,6,8,10-11H2,1-2H3,(H2,26,27,28);3-6,10H,7-9H2,1-2H3,(H,14,15)/t14-,15-,16-,18?,19-,20-,21-;/m0./s1. The zero-order chi connectivity index (χ0) is 33.5. The SMILES string of the molecule is CC(C)c1ccccc1OCC1=NCCN1.C[C@]12C=CC(=O)C=C1CC[C@@H]1C2[C@@H](O)C[C@@]2(C)[C@H]1CC[C@]2(O)C(=O)COP(=O)(O)O. The lowest BCUT2D eigenvalue weighted by Crippen LogP contribution is -2.61. The normalized spacial score (nSPS) is 34.8. The number of nitrogens with zero attached hydrogens (tertiary/aromatic N) is 1. The number of aliphatic hydroxyl groups excluding tert-OH is 1. The van der Waals surface area contributed by atoms with E-state index in [9.17, 15) is 24.4 Å². The second kappa shape index (κ2) is 13.1. The lowest BCUT2D eigenvalue weighted by atomic mass is 9.46. The Bertz CT molecular complexity index is 1480. The lowest BCUT2D eigenvalue weighted by molar-refractivity contribution is -0.178. The van der Waals surface area contributed by atoms with Crippen molar-refractivity contribution < 1.29 is 43.4 Å². The van der Waals surface area contributed by atoms with Crippen LogP contribution in [0.5, 0.6) is 5.75 Å². The number of carbonyl (C=O) groups is 2. The molecule has 1 aliphatic heterocycles. The van der Waals surface area contributed by atoms with Crippen molar-refractivity contribution in [3.63, 3.8) is 0 Å². The molecule has 1 heterocycles. The fourth-order valence-electron chi connectivity index (χ4n) is 8.83.